The molecule has 0 fully saturated rings. The number of amides is 2. The number of carboxylic acids is 1. The lowest BCUT2D eigenvalue weighted by molar-refractivity contribution is -0.139. The quantitative estimate of drug-likeness (QED) is 0.713. The van der Waals surface area contributed by atoms with Gasteiger partial charge >= 0.3 is 5.97 Å². The second-order valence-electron chi connectivity index (χ2n) is 4.67. The number of rotatable bonds is 6. The van der Waals surface area contributed by atoms with Crippen LogP contribution in [-0.4, -0.2) is 28.9 Å². The van der Waals surface area contributed by atoms with Crippen LogP contribution in [0.1, 0.15) is 34.3 Å². The van der Waals surface area contributed by atoms with Gasteiger partial charge in [-0.25, -0.2) is 4.79 Å². The molecule has 20 heavy (non-hydrogen) atoms. The zero-order valence-electron chi connectivity index (χ0n) is 11.5. The highest BCUT2D eigenvalue weighted by Gasteiger charge is 2.21. The number of benzene rings is 1. The minimum atomic E-state index is -1.19. The number of carbonyl (C=O) groups excluding carboxylic acids is 2. The van der Waals surface area contributed by atoms with E-state index >= 15 is 0 Å². The third-order valence-electron chi connectivity index (χ3n) is 3.05. The standard InChI is InChI=1S/C14H18N2O4/c1-8-3-4-10(7-9(8)2)13(18)16-11(14(19)20)5-6-12(15)17/h3-4,7,11H,5-6H2,1-2H3,(H2,15,17)(H,16,18)(H,19,20)/t11-/m1/s1. The minimum absolute atomic E-state index is 0.0265. The van der Waals surface area contributed by atoms with Gasteiger partial charge in [0, 0.05) is 12.0 Å². The van der Waals surface area contributed by atoms with Crippen molar-refractivity contribution in [1.29, 1.82) is 0 Å². The first-order valence-corrected chi connectivity index (χ1v) is 6.20. The van der Waals surface area contributed by atoms with Crippen LogP contribution in [0.5, 0.6) is 0 Å². The molecule has 4 N–H and O–H groups in total. The Balaban J connectivity index is 2.77. The summed E-state index contributed by atoms with van der Waals surface area (Å²) < 4.78 is 0. The van der Waals surface area contributed by atoms with Gasteiger partial charge in [-0.05, 0) is 43.5 Å². The Morgan fingerprint density at radius 1 is 1.25 bits per heavy atom. The molecule has 0 saturated heterocycles. The van der Waals surface area contributed by atoms with Crippen molar-refractivity contribution in [2.75, 3.05) is 0 Å². The minimum Gasteiger partial charge on any atom is -0.480 e. The van der Waals surface area contributed by atoms with Crippen molar-refractivity contribution in [3.63, 3.8) is 0 Å². The lowest BCUT2D eigenvalue weighted by Gasteiger charge is -2.14. The lowest BCUT2D eigenvalue weighted by atomic mass is 10.1. The highest BCUT2D eigenvalue weighted by atomic mass is 16.4. The lowest BCUT2D eigenvalue weighted by Crippen LogP contribution is -2.41. The Kier molecular flexibility index (Phi) is 5.25. The molecule has 0 unspecified atom stereocenters. The molecule has 0 heterocycles. The first-order chi connectivity index (χ1) is 9.31. The van der Waals surface area contributed by atoms with Crippen molar-refractivity contribution < 1.29 is 19.5 Å². The first-order valence-electron chi connectivity index (χ1n) is 6.20. The van der Waals surface area contributed by atoms with E-state index in [1.807, 2.05) is 13.8 Å². The molecule has 1 rings (SSSR count). The molecular formula is C14H18N2O4. The second kappa shape index (κ2) is 6.70. The van der Waals surface area contributed by atoms with E-state index in [0.29, 0.717) is 5.56 Å². The summed E-state index contributed by atoms with van der Waals surface area (Å²) in [6.07, 6.45) is -0.120. The van der Waals surface area contributed by atoms with Crippen LogP contribution in [-0.2, 0) is 9.59 Å². The van der Waals surface area contributed by atoms with Gasteiger partial charge in [0.1, 0.15) is 6.04 Å². The van der Waals surface area contributed by atoms with Crippen molar-refractivity contribution in [1.82, 2.24) is 5.32 Å². The van der Waals surface area contributed by atoms with E-state index in [0.717, 1.165) is 11.1 Å². The summed E-state index contributed by atoms with van der Waals surface area (Å²) in [6, 6.07) is 3.99. The predicted octanol–water partition coefficient (Wildman–Crippen LogP) is 0.752. The van der Waals surface area contributed by atoms with Crippen LogP contribution in [0.25, 0.3) is 0 Å². The Labute approximate surface area is 117 Å². The third kappa shape index (κ3) is 4.38. The number of carbonyl (C=O) groups is 3. The van der Waals surface area contributed by atoms with E-state index in [4.69, 9.17) is 10.8 Å². The molecule has 0 aliphatic heterocycles. The predicted molar refractivity (Wildman–Crippen MR) is 73.2 cm³/mol. The summed E-state index contributed by atoms with van der Waals surface area (Å²) in [5, 5.41) is 11.4. The van der Waals surface area contributed by atoms with Gasteiger partial charge in [0.15, 0.2) is 0 Å². The number of nitrogens with one attached hydrogen (secondary N) is 1. The van der Waals surface area contributed by atoms with Crippen molar-refractivity contribution in [2.45, 2.75) is 32.7 Å². The maximum atomic E-state index is 12.0. The summed E-state index contributed by atoms with van der Waals surface area (Å²) in [5.74, 6) is -2.27. The van der Waals surface area contributed by atoms with Crippen LogP contribution >= 0.6 is 0 Å². The monoisotopic (exact) mass is 278 g/mol. The van der Waals surface area contributed by atoms with Crippen molar-refractivity contribution >= 4 is 17.8 Å². The molecule has 0 aliphatic rings. The molecule has 1 aromatic carbocycles. The van der Waals surface area contributed by atoms with E-state index in [1.54, 1.807) is 18.2 Å². The zero-order chi connectivity index (χ0) is 15.3. The normalized spacial score (nSPS) is 11.7. The smallest absolute Gasteiger partial charge is 0.326 e. The molecule has 0 saturated carbocycles. The molecule has 0 aromatic heterocycles. The topological polar surface area (TPSA) is 109 Å². The van der Waals surface area contributed by atoms with Crippen LogP contribution in [0.15, 0.2) is 18.2 Å². The number of nitrogens with two attached hydrogens (primary N) is 1. The third-order valence-corrected chi connectivity index (χ3v) is 3.05. The number of hydrogen-bond acceptors (Lipinski definition) is 3. The summed E-state index contributed by atoms with van der Waals surface area (Å²) >= 11 is 0. The first kappa shape index (κ1) is 15.7. The summed E-state index contributed by atoms with van der Waals surface area (Å²) in [4.78, 5) is 33.7. The van der Waals surface area contributed by atoms with Crippen LogP contribution in [0.3, 0.4) is 0 Å². The van der Waals surface area contributed by atoms with Crippen LogP contribution in [0.4, 0.5) is 0 Å². The van der Waals surface area contributed by atoms with Gasteiger partial charge in [0.05, 0.1) is 0 Å². The van der Waals surface area contributed by atoms with Crippen LogP contribution in [0, 0.1) is 13.8 Å². The van der Waals surface area contributed by atoms with Crippen molar-refractivity contribution in [3.8, 4) is 0 Å². The SMILES string of the molecule is Cc1ccc(C(=O)N[C@H](CCC(N)=O)C(=O)O)cc1C. The maximum absolute atomic E-state index is 12.0. The molecule has 0 aliphatic carbocycles. The van der Waals surface area contributed by atoms with Gasteiger partial charge in [-0.1, -0.05) is 6.07 Å². The van der Waals surface area contributed by atoms with Gasteiger partial charge in [-0.2, -0.15) is 0 Å². The van der Waals surface area contributed by atoms with E-state index in [2.05, 4.69) is 5.32 Å². The Bertz CT molecular complexity index is 540. The fourth-order valence-electron chi connectivity index (χ4n) is 1.67. The van der Waals surface area contributed by atoms with Gasteiger partial charge in [-0.15, -0.1) is 0 Å². The van der Waals surface area contributed by atoms with E-state index in [1.165, 1.54) is 0 Å². The summed E-state index contributed by atoms with van der Waals surface area (Å²) in [6.45, 7) is 3.79. The number of aryl methyl sites for hydroxylation is 2. The summed E-state index contributed by atoms with van der Waals surface area (Å²) in [7, 11) is 0. The number of aliphatic carboxylic acids is 1. The highest BCUT2D eigenvalue weighted by Crippen LogP contribution is 2.10. The molecule has 0 bridgehead atoms. The largest absolute Gasteiger partial charge is 0.480 e. The summed E-state index contributed by atoms with van der Waals surface area (Å²) in [5.41, 5.74) is 7.35. The van der Waals surface area contributed by atoms with Crippen molar-refractivity contribution in [3.05, 3.63) is 34.9 Å². The van der Waals surface area contributed by atoms with E-state index in [-0.39, 0.29) is 12.8 Å². The number of primary amides is 1. The molecule has 0 radical (unpaired) electrons. The second-order valence-corrected chi connectivity index (χ2v) is 4.67. The van der Waals surface area contributed by atoms with Gasteiger partial charge in [0.2, 0.25) is 5.91 Å². The molecule has 6 heteroatoms. The fourth-order valence-corrected chi connectivity index (χ4v) is 1.67. The average Bonchev–Trinajstić information content (AvgIpc) is 2.36. The molecule has 1 atom stereocenters. The molecule has 108 valence electrons. The Morgan fingerprint density at radius 2 is 1.90 bits per heavy atom. The maximum Gasteiger partial charge on any atom is 0.326 e. The highest BCUT2D eigenvalue weighted by molar-refractivity contribution is 5.96. The molecule has 2 amide bonds. The Morgan fingerprint density at radius 3 is 2.40 bits per heavy atom. The van der Waals surface area contributed by atoms with Crippen molar-refractivity contribution in [2.24, 2.45) is 5.73 Å². The molecular weight excluding hydrogens is 260 g/mol. The number of carboxylic acid groups (broad SMARTS) is 1. The van der Waals surface area contributed by atoms with E-state index in [9.17, 15) is 14.4 Å². The molecule has 6 nitrogen and oxygen atoms in total. The number of hydrogen-bond donors (Lipinski definition) is 3. The van der Waals surface area contributed by atoms with Crippen LogP contribution in [0.2, 0.25) is 0 Å². The van der Waals surface area contributed by atoms with Gasteiger partial charge in [-0.3, -0.25) is 9.59 Å². The zero-order valence-corrected chi connectivity index (χ0v) is 11.5. The molecule has 1 aromatic rings. The Hall–Kier alpha value is -2.37. The van der Waals surface area contributed by atoms with E-state index < -0.39 is 23.8 Å². The fraction of sp³-hybridized carbons (Fsp3) is 0.357. The van der Waals surface area contributed by atoms with Gasteiger partial charge < -0.3 is 16.2 Å². The van der Waals surface area contributed by atoms with Gasteiger partial charge in [0.25, 0.3) is 5.91 Å². The van der Waals surface area contributed by atoms with Crippen LogP contribution < -0.4 is 11.1 Å². The average molecular weight is 278 g/mol. The molecule has 0 spiro atoms.